The normalized spacial score (nSPS) is 33.1. The summed E-state index contributed by atoms with van der Waals surface area (Å²) < 4.78 is 0. The third kappa shape index (κ3) is 1.92. The van der Waals surface area contributed by atoms with Gasteiger partial charge in [0.1, 0.15) is 0 Å². The summed E-state index contributed by atoms with van der Waals surface area (Å²) in [6, 6.07) is 0. The van der Waals surface area contributed by atoms with Crippen LogP contribution in [0.15, 0.2) is 0 Å². The molecule has 1 aliphatic heterocycles. The minimum absolute atomic E-state index is 0.280. The van der Waals surface area contributed by atoms with Gasteiger partial charge in [-0.2, -0.15) is 0 Å². The number of aliphatic hydroxyl groups excluding tert-OH is 1. The van der Waals surface area contributed by atoms with Crippen molar-refractivity contribution in [1.29, 1.82) is 0 Å². The molecule has 2 unspecified atom stereocenters. The number of hydrogen-bond acceptors (Lipinski definition) is 2. The lowest BCUT2D eigenvalue weighted by Gasteiger charge is -2.31. The molecule has 2 rings (SSSR count). The average molecular weight is 197 g/mol. The number of amides is 1. The zero-order valence-corrected chi connectivity index (χ0v) is 8.78. The molecule has 0 bridgehead atoms. The number of hydrogen-bond donors (Lipinski definition) is 1. The minimum atomic E-state index is 0.280. The molecule has 14 heavy (non-hydrogen) atoms. The Morgan fingerprint density at radius 3 is 2.43 bits per heavy atom. The summed E-state index contributed by atoms with van der Waals surface area (Å²) >= 11 is 0. The topological polar surface area (TPSA) is 40.5 Å². The van der Waals surface area contributed by atoms with Gasteiger partial charge < -0.3 is 10.0 Å². The third-order valence-electron chi connectivity index (χ3n) is 3.61. The molecule has 1 heterocycles. The number of nitrogens with zero attached hydrogens (tertiary/aromatic N) is 1. The first-order valence-corrected chi connectivity index (χ1v) is 5.62. The van der Waals surface area contributed by atoms with Gasteiger partial charge in [-0.3, -0.25) is 4.79 Å². The van der Waals surface area contributed by atoms with Crippen molar-refractivity contribution in [3.63, 3.8) is 0 Å². The van der Waals surface area contributed by atoms with E-state index >= 15 is 0 Å². The molecule has 1 saturated heterocycles. The Balaban J connectivity index is 1.80. The zero-order valence-electron chi connectivity index (χ0n) is 8.78. The van der Waals surface area contributed by atoms with Gasteiger partial charge in [-0.15, -0.1) is 0 Å². The molecule has 1 aliphatic carbocycles. The van der Waals surface area contributed by atoms with E-state index in [0.29, 0.717) is 23.7 Å². The molecule has 1 N–H and O–H groups in total. The lowest BCUT2D eigenvalue weighted by molar-refractivity contribution is -0.134. The Bertz CT molecular complexity index is 221. The van der Waals surface area contributed by atoms with E-state index in [0.717, 1.165) is 32.4 Å². The second-order valence-electron chi connectivity index (χ2n) is 4.77. The van der Waals surface area contributed by atoms with E-state index in [-0.39, 0.29) is 6.61 Å². The van der Waals surface area contributed by atoms with Crippen molar-refractivity contribution in [2.45, 2.75) is 26.2 Å². The molecule has 0 spiro atoms. The van der Waals surface area contributed by atoms with Crippen molar-refractivity contribution >= 4 is 5.91 Å². The molecule has 0 radical (unpaired) electrons. The van der Waals surface area contributed by atoms with Crippen molar-refractivity contribution in [3.8, 4) is 0 Å². The van der Waals surface area contributed by atoms with Crippen LogP contribution in [0.2, 0.25) is 0 Å². The maximum Gasteiger partial charge on any atom is 0.225 e. The van der Waals surface area contributed by atoms with Gasteiger partial charge in [-0.1, -0.05) is 6.92 Å². The van der Waals surface area contributed by atoms with E-state index in [1.54, 1.807) is 0 Å². The van der Waals surface area contributed by atoms with Crippen LogP contribution in [-0.4, -0.2) is 35.6 Å². The van der Waals surface area contributed by atoms with Crippen molar-refractivity contribution in [2.24, 2.45) is 17.8 Å². The summed E-state index contributed by atoms with van der Waals surface area (Å²) in [6.45, 7) is 4.13. The summed E-state index contributed by atoms with van der Waals surface area (Å²) in [5.41, 5.74) is 0. The Morgan fingerprint density at radius 2 is 2.00 bits per heavy atom. The van der Waals surface area contributed by atoms with Crippen LogP contribution >= 0.6 is 0 Å². The highest BCUT2D eigenvalue weighted by atomic mass is 16.3. The second kappa shape index (κ2) is 3.89. The molecule has 80 valence electrons. The van der Waals surface area contributed by atoms with Crippen LogP contribution in [0.1, 0.15) is 26.2 Å². The zero-order chi connectivity index (χ0) is 10.1. The molecule has 0 aromatic carbocycles. The minimum Gasteiger partial charge on any atom is -0.396 e. The highest BCUT2D eigenvalue weighted by Gasteiger charge is 2.41. The quantitative estimate of drug-likeness (QED) is 0.713. The Hall–Kier alpha value is -0.570. The van der Waals surface area contributed by atoms with E-state index < -0.39 is 0 Å². The summed E-state index contributed by atoms with van der Waals surface area (Å²) in [7, 11) is 0. The Kier molecular flexibility index (Phi) is 2.77. The number of carbonyl (C=O) groups is 1. The Labute approximate surface area is 85.1 Å². The molecule has 2 fully saturated rings. The molecular formula is C11H19NO2. The predicted octanol–water partition coefficient (Wildman–Crippen LogP) is 0.873. The molecule has 1 amide bonds. The number of likely N-dealkylation sites (tertiary alicyclic amines) is 1. The van der Waals surface area contributed by atoms with Crippen molar-refractivity contribution in [2.75, 3.05) is 19.7 Å². The largest absolute Gasteiger partial charge is 0.396 e. The van der Waals surface area contributed by atoms with E-state index in [1.165, 1.54) is 0 Å². The molecule has 1 saturated carbocycles. The fraction of sp³-hybridized carbons (Fsp3) is 0.909. The standard InChI is InChI=1S/C11H19NO2/c1-8-6-10(8)11(14)12-4-2-9(7-13)3-5-12/h8-10,13H,2-7H2,1H3. The summed E-state index contributed by atoms with van der Waals surface area (Å²) in [5.74, 6) is 1.71. The SMILES string of the molecule is CC1CC1C(=O)N1CCC(CO)CC1. The number of aliphatic hydroxyl groups is 1. The van der Waals surface area contributed by atoms with E-state index in [4.69, 9.17) is 5.11 Å². The van der Waals surface area contributed by atoms with Gasteiger partial charge in [0.05, 0.1) is 0 Å². The van der Waals surface area contributed by atoms with E-state index in [2.05, 4.69) is 6.92 Å². The van der Waals surface area contributed by atoms with Crippen LogP contribution in [0, 0.1) is 17.8 Å². The monoisotopic (exact) mass is 197 g/mol. The fourth-order valence-electron chi connectivity index (χ4n) is 2.24. The van der Waals surface area contributed by atoms with Crippen LogP contribution < -0.4 is 0 Å². The van der Waals surface area contributed by atoms with Gasteiger partial charge in [0, 0.05) is 25.6 Å². The molecular weight excluding hydrogens is 178 g/mol. The molecule has 2 atom stereocenters. The highest BCUT2D eigenvalue weighted by Crippen LogP contribution is 2.39. The van der Waals surface area contributed by atoms with Crippen LogP contribution in [-0.2, 0) is 4.79 Å². The molecule has 3 heteroatoms. The first-order valence-electron chi connectivity index (χ1n) is 5.62. The van der Waals surface area contributed by atoms with E-state index in [1.807, 2.05) is 4.90 Å². The lowest BCUT2D eigenvalue weighted by Crippen LogP contribution is -2.40. The molecule has 0 aromatic rings. The van der Waals surface area contributed by atoms with Gasteiger partial charge in [0.2, 0.25) is 5.91 Å². The van der Waals surface area contributed by atoms with Crippen LogP contribution in [0.4, 0.5) is 0 Å². The van der Waals surface area contributed by atoms with Gasteiger partial charge in [0.15, 0.2) is 0 Å². The number of rotatable bonds is 2. The maximum absolute atomic E-state index is 11.8. The Morgan fingerprint density at radius 1 is 1.43 bits per heavy atom. The maximum atomic E-state index is 11.8. The molecule has 0 aromatic heterocycles. The van der Waals surface area contributed by atoms with Crippen molar-refractivity contribution < 1.29 is 9.90 Å². The summed E-state index contributed by atoms with van der Waals surface area (Å²) in [4.78, 5) is 13.8. The highest BCUT2D eigenvalue weighted by molar-refractivity contribution is 5.81. The fourth-order valence-corrected chi connectivity index (χ4v) is 2.24. The van der Waals surface area contributed by atoms with Crippen molar-refractivity contribution in [3.05, 3.63) is 0 Å². The average Bonchev–Trinajstić information content (AvgIpc) is 2.95. The molecule has 3 nitrogen and oxygen atoms in total. The second-order valence-corrected chi connectivity index (χ2v) is 4.77. The van der Waals surface area contributed by atoms with Gasteiger partial charge in [-0.25, -0.2) is 0 Å². The van der Waals surface area contributed by atoms with Crippen molar-refractivity contribution in [1.82, 2.24) is 4.90 Å². The van der Waals surface area contributed by atoms with Crippen LogP contribution in [0.3, 0.4) is 0 Å². The van der Waals surface area contributed by atoms with E-state index in [9.17, 15) is 4.79 Å². The number of carbonyl (C=O) groups excluding carboxylic acids is 1. The van der Waals surface area contributed by atoms with Gasteiger partial charge in [0.25, 0.3) is 0 Å². The first kappa shape index (κ1) is 9.97. The van der Waals surface area contributed by atoms with Gasteiger partial charge >= 0.3 is 0 Å². The summed E-state index contributed by atoms with van der Waals surface area (Å²) in [5, 5.41) is 8.98. The molecule has 2 aliphatic rings. The number of piperidine rings is 1. The first-order chi connectivity index (χ1) is 6.72. The third-order valence-corrected chi connectivity index (χ3v) is 3.61. The summed E-state index contributed by atoms with van der Waals surface area (Å²) in [6.07, 6.45) is 3.03. The van der Waals surface area contributed by atoms with Crippen LogP contribution in [0.25, 0.3) is 0 Å². The van der Waals surface area contributed by atoms with Gasteiger partial charge in [-0.05, 0) is 31.1 Å². The predicted molar refractivity (Wildman–Crippen MR) is 53.7 cm³/mol. The lowest BCUT2D eigenvalue weighted by atomic mass is 9.97. The van der Waals surface area contributed by atoms with Crippen LogP contribution in [0.5, 0.6) is 0 Å². The smallest absolute Gasteiger partial charge is 0.225 e.